The standard InChI is InChI=1S/C17H21N3O/c1-13-11-18-9-10-20(13)12-17(21)19-16-8-4-6-14-5-2-3-7-15(14)16/h2-8,13,18H,9-12H2,1H3,(H,19,21)/t13-/m0/s1. The van der Waals surface area contributed by atoms with Crippen LogP contribution in [0.15, 0.2) is 42.5 Å². The van der Waals surface area contributed by atoms with E-state index in [1.807, 2.05) is 30.3 Å². The molecule has 0 bridgehead atoms. The van der Waals surface area contributed by atoms with E-state index in [2.05, 4.69) is 34.6 Å². The van der Waals surface area contributed by atoms with Gasteiger partial charge >= 0.3 is 0 Å². The van der Waals surface area contributed by atoms with Crippen molar-refractivity contribution in [3.8, 4) is 0 Å². The predicted octanol–water partition coefficient (Wildman–Crippen LogP) is 2.07. The lowest BCUT2D eigenvalue weighted by molar-refractivity contribution is -0.118. The molecule has 110 valence electrons. The Labute approximate surface area is 125 Å². The van der Waals surface area contributed by atoms with Crippen LogP contribution in [0.3, 0.4) is 0 Å². The van der Waals surface area contributed by atoms with Crippen LogP contribution in [0.2, 0.25) is 0 Å². The highest BCUT2D eigenvalue weighted by Crippen LogP contribution is 2.22. The summed E-state index contributed by atoms with van der Waals surface area (Å²) in [5.74, 6) is 0.0557. The highest BCUT2D eigenvalue weighted by atomic mass is 16.2. The van der Waals surface area contributed by atoms with Gasteiger partial charge in [-0.2, -0.15) is 0 Å². The third-order valence-electron chi connectivity index (χ3n) is 4.05. The molecule has 0 aliphatic carbocycles. The fourth-order valence-corrected chi connectivity index (χ4v) is 2.83. The molecule has 2 aromatic rings. The Bertz CT molecular complexity index is 635. The minimum absolute atomic E-state index is 0.0557. The normalized spacial score (nSPS) is 19.6. The van der Waals surface area contributed by atoms with Crippen LogP contribution < -0.4 is 10.6 Å². The van der Waals surface area contributed by atoms with Gasteiger partial charge in [-0.25, -0.2) is 0 Å². The second kappa shape index (κ2) is 6.24. The van der Waals surface area contributed by atoms with E-state index >= 15 is 0 Å². The van der Waals surface area contributed by atoms with Crippen molar-refractivity contribution in [2.75, 3.05) is 31.5 Å². The highest BCUT2D eigenvalue weighted by Gasteiger charge is 2.20. The molecule has 1 aliphatic rings. The van der Waals surface area contributed by atoms with Crippen molar-refractivity contribution < 1.29 is 4.79 Å². The Kier molecular flexibility index (Phi) is 4.18. The van der Waals surface area contributed by atoms with Crippen molar-refractivity contribution in [2.24, 2.45) is 0 Å². The maximum absolute atomic E-state index is 12.3. The molecule has 4 heteroatoms. The van der Waals surface area contributed by atoms with Crippen molar-refractivity contribution in [3.63, 3.8) is 0 Å². The van der Waals surface area contributed by atoms with Crippen LogP contribution in [0.5, 0.6) is 0 Å². The number of rotatable bonds is 3. The van der Waals surface area contributed by atoms with E-state index in [0.29, 0.717) is 12.6 Å². The van der Waals surface area contributed by atoms with Gasteiger partial charge < -0.3 is 10.6 Å². The Balaban J connectivity index is 1.71. The number of piperazine rings is 1. The maximum Gasteiger partial charge on any atom is 0.238 e. The van der Waals surface area contributed by atoms with Crippen LogP contribution in [0.25, 0.3) is 10.8 Å². The van der Waals surface area contributed by atoms with Crippen molar-refractivity contribution >= 4 is 22.4 Å². The number of nitrogens with zero attached hydrogens (tertiary/aromatic N) is 1. The van der Waals surface area contributed by atoms with Gasteiger partial charge in [0, 0.05) is 36.7 Å². The van der Waals surface area contributed by atoms with Crippen LogP contribution in [0.4, 0.5) is 5.69 Å². The molecule has 1 fully saturated rings. The predicted molar refractivity (Wildman–Crippen MR) is 86.5 cm³/mol. The number of anilines is 1. The zero-order valence-corrected chi connectivity index (χ0v) is 12.3. The van der Waals surface area contributed by atoms with Gasteiger partial charge in [0.15, 0.2) is 0 Å². The average Bonchev–Trinajstić information content (AvgIpc) is 2.50. The summed E-state index contributed by atoms with van der Waals surface area (Å²) in [6.07, 6.45) is 0. The largest absolute Gasteiger partial charge is 0.324 e. The van der Waals surface area contributed by atoms with Crippen molar-refractivity contribution in [3.05, 3.63) is 42.5 Å². The van der Waals surface area contributed by atoms with Gasteiger partial charge in [0.05, 0.1) is 6.54 Å². The van der Waals surface area contributed by atoms with Crippen molar-refractivity contribution in [1.82, 2.24) is 10.2 Å². The number of nitrogens with one attached hydrogen (secondary N) is 2. The fourth-order valence-electron chi connectivity index (χ4n) is 2.83. The second-order valence-corrected chi connectivity index (χ2v) is 5.60. The summed E-state index contributed by atoms with van der Waals surface area (Å²) < 4.78 is 0. The zero-order valence-electron chi connectivity index (χ0n) is 12.3. The van der Waals surface area contributed by atoms with Crippen molar-refractivity contribution in [1.29, 1.82) is 0 Å². The van der Waals surface area contributed by atoms with Gasteiger partial charge in [0.2, 0.25) is 5.91 Å². The van der Waals surface area contributed by atoms with E-state index in [4.69, 9.17) is 0 Å². The van der Waals surface area contributed by atoms with Gasteiger partial charge in [0.1, 0.15) is 0 Å². The molecule has 4 nitrogen and oxygen atoms in total. The first kappa shape index (κ1) is 14.0. The first-order valence-electron chi connectivity index (χ1n) is 7.46. The molecule has 0 saturated carbocycles. The van der Waals surface area contributed by atoms with Gasteiger partial charge in [-0.15, -0.1) is 0 Å². The number of benzene rings is 2. The maximum atomic E-state index is 12.3. The molecule has 1 heterocycles. The summed E-state index contributed by atoms with van der Waals surface area (Å²) in [4.78, 5) is 14.5. The topological polar surface area (TPSA) is 44.4 Å². The summed E-state index contributed by atoms with van der Waals surface area (Å²) in [5.41, 5.74) is 0.890. The number of amides is 1. The molecule has 1 aliphatic heterocycles. The SMILES string of the molecule is C[C@H]1CNCCN1CC(=O)Nc1cccc2ccccc12. The average molecular weight is 283 g/mol. The smallest absolute Gasteiger partial charge is 0.238 e. The molecule has 0 spiro atoms. The van der Waals surface area contributed by atoms with Crippen LogP contribution in [0, 0.1) is 0 Å². The summed E-state index contributed by atoms with van der Waals surface area (Å²) in [5, 5.41) is 8.62. The van der Waals surface area contributed by atoms with Crippen molar-refractivity contribution in [2.45, 2.75) is 13.0 Å². The summed E-state index contributed by atoms with van der Waals surface area (Å²) in [6.45, 7) is 5.42. The quantitative estimate of drug-likeness (QED) is 0.906. The number of hydrogen-bond acceptors (Lipinski definition) is 3. The Morgan fingerprint density at radius 3 is 2.95 bits per heavy atom. The molecule has 21 heavy (non-hydrogen) atoms. The summed E-state index contributed by atoms with van der Waals surface area (Å²) in [7, 11) is 0. The first-order valence-corrected chi connectivity index (χ1v) is 7.46. The highest BCUT2D eigenvalue weighted by molar-refractivity contribution is 6.02. The molecule has 0 radical (unpaired) electrons. The molecular weight excluding hydrogens is 262 g/mol. The van der Waals surface area contributed by atoms with Gasteiger partial charge in [-0.1, -0.05) is 36.4 Å². The van der Waals surface area contributed by atoms with E-state index < -0.39 is 0 Å². The summed E-state index contributed by atoms with van der Waals surface area (Å²) >= 11 is 0. The van der Waals surface area contributed by atoms with E-state index in [-0.39, 0.29) is 5.91 Å². The molecule has 1 saturated heterocycles. The molecule has 0 unspecified atom stereocenters. The molecule has 3 rings (SSSR count). The number of fused-ring (bicyclic) bond motifs is 1. The Morgan fingerprint density at radius 1 is 1.29 bits per heavy atom. The lowest BCUT2D eigenvalue weighted by Gasteiger charge is -2.33. The first-order chi connectivity index (χ1) is 10.2. The van der Waals surface area contributed by atoms with Crippen LogP contribution in [0.1, 0.15) is 6.92 Å². The third kappa shape index (κ3) is 3.23. The molecule has 1 atom stereocenters. The number of hydrogen-bond donors (Lipinski definition) is 2. The third-order valence-corrected chi connectivity index (χ3v) is 4.05. The van der Waals surface area contributed by atoms with E-state index in [0.717, 1.165) is 36.1 Å². The monoisotopic (exact) mass is 283 g/mol. The second-order valence-electron chi connectivity index (χ2n) is 5.60. The van der Waals surface area contributed by atoms with Crippen LogP contribution in [-0.4, -0.2) is 43.0 Å². The fraction of sp³-hybridized carbons (Fsp3) is 0.353. The summed E-state index contributed by atoms with van der Waals surface area (Å²) in [6, 6.07) is 14.5. The minimum Gasteiger partial charge on any atom is -0.324 e. The lowest BCUT2D eigenvalue weighted by atomic mass is 10.1. The lowest BCUT2D eigenvalue weighted by Crippen LogP contribution is -2.51. The van der Waals surface area contributed by atoms with E-state index in [9.17, 15) is 4.79 Å². The van der Waals surface area contributed by atoms with Crippen LogP contribution >= 0.6 is 0 Å². The number of carbonyl (C=O) groups excluding carboxylic acids is 1. The van der Waals surface area contributed by atoms with E-state index in [1.54, 1.807) is 0 Å². The molecular formula is C17H21N3O. The van der Waals surface area contributed by atoms with Gasteiger partial charge in [0.25, 0.3) is 0 Å². The minimum atomic E-state index is 0.0557. The number of carbonyl (C=O) groups is 1. The van der Waals surface area contributed by atoms with Gasteiger partial charge in [-0.3, -0.25) is 9.69 Å². The Morgan fingerprint density at radius 2 is 2.10 bits per heavy atom. The van der Waals surface area contributed by atoms with E-state index in [1.165, 1.54) is 0 Å². The molecule has 2 N–H and O–H groups in total. The molecule has 1 amide bonds. The molecule has 2 aromatic carbocycles. The zero-order chi connectivity index (χ0) is 14.7. The molecule has 0 aromatic heterocycles. The van der Waals surface area contributed by atoms with Crippen LogP contribution in [-0.2, 0) is 4.79 Å². The van der Waals surface area contributed by atoms with Gasteiger partial charge in [-0.05, 0) is 18.4 Å². The Hall–Kier alpha value is -1.91.